The van der Waals surface area contributed by atoms with Gasteiger partial charge in [0.2, 0.25) is 19.2 Å². The molecule has 2 heterocycles. The van der Waals surface area contributed by atoms with E-state index in [0.29, 0.717) is 58.6 Å². The van der Waals surface area contributed by atoms with Crippen LogP contribution in [0, 0.1) is 0 Å². The Bertz CT molecular complexity index is 1180. The second-order valence-electron chi connectivity index (χ2n) is 10.3. The number of aliphatic hydroxyl groups is 2. The van der Waals surface area contributed by atoms with Gasteiger partial charge in [-0.25, -0.2) is 0 Å². The average Bonchev–Trinajstić information content (AvgIpc) is 2.99. The van der Waals surface area contributed by atoms with Gasteiger partial charge in [0.05, 0.1) is 30.5 Å². The van der Waals surface area contributed by atoms with E-state index in [-0.39, 0.29) is 50.9 Å². The Morgan fingerprint density at radius 1 is 0.500 bits per heavy atom. The van der Waals surface area contributed by atoms with Crippen LogP contribution in [0.1, 0.15) is 0 Å². The van der Waals surface area contributed by atoms with Crippen LogP contribution < -0.4 is 0 Å². The van der Waals surface area contributed by atoms with Crippen LogP contribution in [0.3, 0.4) is 0 Å². The molecule has 0 aromatic rings. The van der Waals surface area contributed by atoms with Gasteiger partial charge >= 0.3 is 0 Å². The molecule has 0 saturated carbocycles. The van der Waals surface area contributed by atoms with Gasteiger partial charge in [-0.1, -0.05) is 0 Å². The van der Waals surface area contributed by atoms with Crippen molar-refractivity contribution in [3.63, 3.8) is 0 Å². The molecule has 20 nitrogen and oxygen atoms in total. The summed E-state index contributed by atoms with van der Waals surface area (Å²) < 4.78 is 88.5. The van der Waals surface area contributed by atoms with E-state index in [1.54, 1.807) is 4.90 Å². The minimum atomic E-state index is -4.11. The number of piperazine rings is 2. The zero-order valence-electron chi connectivity index (χ0n) is 25.7. The SMILES string of the molecule is O=CN(CCO)CCN(C=O)CCS(=O)(=O)O.O=CN1CCN(CCS(=O)(=O)O)CC1.O=S(=O)(O)CCN1CCN(CCO)CC1. The second-order valence-corrected chi connectivity index (χ2v) is 15.0. The summed E-state index contributed by atoms with van der Waals surface area (Å²) in [6, 6.07) is 0. The van der Waals surface area contributed by atoms with Crippen molar-refractivity contribution in [2.75, 3.05) is 129 Å². The molecule has 0 radical (unpaired) electrons. The number of β-amino-alcohol motifs (C(OH)–C–C–N with tert-alkyl or cyclic N) is 1. The highest BCUT2D eigenvalue weighted by molar-refractivity contribution is 7.86. The molecule has 46 heavy (non-hydrogen) atoms. The number of nitrogens with zero attached hydrogens (tertiary/aromatic N) is 6. The first-order valence-electron chi connectivity index (χ1n) is 14.3. The Hall–Kier alpha value is -2.06. The molecule has 0 unspecified atom stereocenters. The van der Waals surface area contributed by atoms with Gasteiger partial charge in [0.15, 0.2) is 0 Å². The molecule has 2 rings (SSSR count). The molecule has 0 aliphatic carbocycles. The molecule has 272 valence electrons. The lowest BCUT2D eigenvalue weighted by Gasteiger charge is -2.33. The molecule has 0 bridgehead atoms. The zero-order chi connectivity index (χ0) is 35.2. The third-order valence-electron chi connectivity index (χ3n) is 6.76. The first-order valence-corrected chi connectivity index (χ1v) is 19.1. The summed E-state index contributed by atoms with van der Waals surface area (Å²) in [4.78, 5) is 41.5. The fourth-order valence-corrected chi connectivity index (χ4v) is 5.45. The number of rotatable bonds is 19. The van der Waals surface area contributed by atoms with Gasteiger partial charge in [-0.05, 0) is 0 Å². The lowest BCUT2D eigenvalue weighted by molar-refractivity contribution is -0.121. The smallest absolute Gasteiger partial charge is 0.266 e. The van der Waals surface area contributed by atoms with E-state index in [9.17, 15) is 39.6 Å². The largest absolute Gasteiger partial charge is 0.395 e. The maximum atomic E-state index is 10.6. The Morgan fingerprint density at radius 3 is 1.20 bits per heavy atom. The van der Waals surface area contributed by atoms with E-state index >= 15 is 0 Å². The van der Waals surface area contributed by atoms with Gasteiger partial charge in [-0.15, -0.1) is 0 Å². The van der Waals surface area contributed by atoms with E-state index < -0.39 is 36.1 Å². The molecule has 5 N–H and O–H groups in total. The number of aliphatic hydroxyl groups excluding tert-OH is 2. The van der Waals surface area contributed by atoms with Crippen molar-refractivity contribution in [2.45, 2.75) is 0 Å². The summed E-state index contributed by atoms with van der Waals surface area (Å²) in [5.41, 5.74) is 0. The van der Waals surface area contributed by atoms with Gasteiger partial charge in [-0.3, -0.25) is 42.7 Å². The predicted octanol–water partition coefficient (Wildman–Crippen LogP) is -5.08. The number of carbonyl (C=O) groups excluding carboxylic acids is 3. The van der Waals surface area contributed by atoms with Crippen LogP contribution in [0.15, 0.2) is 0 Å². The second kappa shape index (κ2) is 23.3. The van der Waals surface area contributed by atoms with Crippen molar-refractivity contribution in [1.82, 2.24) is 29.4 Å². The lowest BCUT2D eigenvalue weighted by Crippen LogP contribution is -2.48. The summed E-state index contributed by atoms with van der Waals surface area (Å²) >= 11 is 0. The van der Waals surface area contributed by atoms with Crippen LogP contribution in [0.5, 0.6) is 0 Å². The molecular weight excluding hydrogens is 680 g/mol. The van der Waals surface area contributed by atoms with Gasteiger partial charge < -0.3 is 24.9 Å². The van der Waals surface area contributed by atoms with E-state index in [2.05, 4.69) is 4.90 Å². The van der Waals surface area contributed by atoms with Crippen LogP contribution in [0.2, 0.25) is 0 Å². The highest BCUT2D eigenvalue weighted by Gasteiger charge is 2.18. The Kier molecular flexibility index (Phi) is 22.3. The molecule has 23 heteroatoms. The van der Waals surface area contributed by atoms with Crippen LogP contribution in [0.4, 0.5) is 0 Å². The van der Waals surface area contributed by atoms with Crippen LogP contribution in [-0.4, -0.2) is 226 Å². The monoisotopic (exact) mass is 728 g/mol. The van der Waals surface area contributed by atoms with E-state index in [0.717, 1.165) is 37.5 Å². The molecular formula is C23H48N6O14S3. The maximum absolute atomic E-state index is 10.6. The van der Waals surface area contributed by atoms with E-state index in [1.807, 2.05) is 9.80 Å². The average molecular weight is 729 g/mol. The number of hydrogen-bond donors (Lipinski definition) is 5. The quantitative estimate of drug-likeness (QED) is 0.0615. The van der Waals surface area contributed by atoms with Crippen molar-refractivity contribution >= 4 is 49.6 Å². The summed E-state index contributed by atoms with van der Waals surface area (Å²) in [5, 5.41) is 17.3. The van der Waals surface area contributed by atoms with Crippen LogP contribution in [0.25, 0.3) is 0 Å². The highest BCUT2D eigenvalue weighted by atomic mass is 32.2. The van der Waals surface area contributed by atoms with E-state index in [1.165, 1.54) is 4.90 Å². The summed E-state index contributed by atoms with van der Waals surface area (Å²) in [6.45, 7) is 7.49. The molecule has 0 spiro atoms. The summed E-state index contributed by atoms with van der Waals surface area (Å²) in [6.07, 6.45) is 1.76. The lowest BCUT2D eigenvalue weighted by atomic mass is 10.3. The minimum Gasteiger partial charge on any atom is -0.395 e. The van der Waals surface area contributed by atoms with Gasteiger partial charge in [0.1, 0.15) is 0 Å². The van der Waals surface area contributed by atoms with E-state index in [4.69, 9.17) is 23.9 Å². The fraction of sp³-hybridized carbons (Fsp3) is 0.870. The first-order chi connectivity index (χ1) is 21.4. The molecule has 2 aliphatic rings. The summed E-state index contributed by atoms with van der Waals surface area (Å²) in [7, 11) is -11.8. The van der Waals surface area contributed by atoms with Crippen molar-refractivity contribution < 1.29 is 63.5 Å². The maximum Gasteiger partial charge on any atom is 0.266 e. The molecule has 3 amide bonds. The molecule has 2 saturated heterocycles. The normalized spacial score (nSPS) is 16.8. The standard InChI is InChI=1S/C8H16N2O6S.C8H18N2O4S.C7H14N2O4S/c11-5-3-9(7-12)1-2-10(8-13)4-6-17(14,15)16;11-7-5-9-1-3-10(4-2-9)6-8-15(12,13)14;10-7-9-3-1-8(2-4-9)5-6-14(11,12)13/h7-8,11H,1-6H2,(H,14,15,16);11H,1-8H2,(H,12,13,14);7H,1-6H2,(H,11,12,13). The minimum absolute atomic E-state index is 0.137. The Balaban J connectivity index is 0.000000663. The zero-order valence-corrected chi connectivity index (χ0v) is 28.1. The van der Waals surface area contributed by atoms with Crippen LogP contribution >= 0.6 is 0 Å². The van der Waals surface area contributed by atoms with Crippen molar-refractivity contribution in [3.05, 3.63) is 0 Å². The Labute approximate surface area is 270 Å². The van der Waals surface area contributed by atoms with Crippen molar-refractivity contribution in [1.29, 1.82) is 0 Å². The third-order valence-corrected chi connectivity index (χ3v) is 8.86. The van der Waals surface area contributed by atoms with Gasteiger partial charge in [-0.2, -0.15) is 25.3 Å². The summed E-state index contributed by atoms with van der Waals surface area (Å²) in [5.74, 6) is -0.992. The Morgan fingerprint density at radius 2 is 0.870 bits per heavy atom. The first kappa shape index (κ1) is 43.9. The topological polar surface area (TPSA) is 274 Å². The predicted molar refractivity (Wildman–Crippen MR) is 166 cm³/mol. The van der Waals surface area contributed by atoms with Crippen molar-refractivity contribution in [3.8, 4) is 0 Å². The molecule has 2 fully saturated rings. The van der Waals surface area contributed by atoms with Crippen molar-refractivity contribution in [2.24, 2.45) is 0 Å². The molecule has 2 aliphatic heterocycles. The number of carbonyl (C=O) groups is 3. The van der Waals surface area contributed by atoms with Gasteiger partial charge in [0, 0.05) is 98.2 Å². The third kappa shape index (κ3) is 25.1. The molecule has 0 atom stereocenters. The van der Waals surface area contributed by atoms with Crippen LogP contribution in [-0.2, 0) is 44.7 Å². The number of hydrogen-bond acceptors (Lipinski definition) is 14. The fourth-order valence-electron chi connectivity index (χ4n) is 4.01. The number of amides is 3. The van der Waals surface area contributed by atoms with Gasteiger partial charge in [0.25, 0.3) is 30.4 Å². The molecule has 0 aromatic carbocycles. The highest BCUT2D eigenvalue weighted by Crippen LogP contribution is 2.02. The molecule has 0 aromatic heterocycles.